The summed E-state index contributed by atoms with van der Waals surface area (Å²) in [5, 5.41) is 19.1. The monoisotopic (exact) mass is 496 g/mol. The van der Waals surface area contributed by atoms with Crippen molar-refractivity contribution in [3.8, 4) is 0 Å². The van der Waals surface area contributed by atoms with Crippen molar-refractivity contribution in [3.05, 3.63) is 0 Å². The molecule has 0 spiro atoms. The molecular weight excluding hydrogens is 444 g/mol. The average molecular weight is 497 g/mol. The molecule has 2 saturated heterocycles. The van der Waals surface area contributed by atoms with Crippen LogP contribution >= 0.6 is 0 Å². The van der Waals surface area contributed by atoms with Gasteiger partial charge in [0.1, 0.15) is 0 Å². The van der Waals surface area contributed by atoms with Crippen molar-refractivity contribution >= 4 is 11.9 Å². The first-order valence-electron chi connectivity index (χ1n) is 14.7. The van der Waals surface area contributed by atoms with Crippen LogP contribution in [0.1, 0.15) is 142 Å². The molecule has 6 nitrogen and oxygen atoms in total. The van der Waals surface area contributed by atoms with Gasteiger partial charge in [-0.1, -0.05) is 71.6 Å². The van der Waals surface area contributed by atoms with Gasteiger partial charge < -0.3 is 19.7 Å². The van der Waals surface area contributed by atoms with Crippen LogP contribution in [0.15, 0.2) is 0 Å². The van der Waals surface area contributed by atoms with Crippen molar-refractivity contribution in [1.29, 1.82) is 0 Å². The van der Waals surface area contributed by atoms with Gasteiger partial charge in [-0.3, -0.25) is 9.59 Å². The average Bonchev–Trinajstić information content (AvgIpc) is 3.73. The standard InChI is InChI=1S/C29H52O6/c1-3-5-9-15-23-25(34-23)17-13-21-29(28(32)33,20-12-8-7-11-19-27(30)31)22-14-18-26-24(35-26)16-10-6-4-2/h23-26H,3-22H2,1-2H3,(H,30,31)(H,32,33). The van der Waals surface area contributed by atoms with Crippen LogP contribution in [-0.2, 0) is 19.1 Å². The molecule has 0 aliphatic carbocycles. The van der Waals surface area contributed by atoms with Crippen molar-refractivity contribution in [2.75, 3.05) is 0 Å². The largest absolute Gasteiger partial charge is 0.481 e. The zero-order valence-electron chi connectivity index (χ0n) is 22.5. The predicted octanol–water partition coefficient (Wildman–Crippen LogP) is 7.52. The van der Waals surface area contributed by atoms with Crippen LogP contribution in [0.5, 0.6) is 0 Å². The summed E-state index contributed by atoms with van der Waals surface area (Å²) in [4.78, 5) is 23.3. The van der Waals surface area contributed by atoms with Crippen LogP contribution in [0.2, 0.25) is 0 Å². The summed E-state index contributed by atoms with van der Waals surface area (Å²) in [6.07, 6.45) is 20.5. The number of hydrogen-bond acceptors (Lipinski definition) is 4. The minimum atomic E-state index is -0.754. The third-order valence-electron chi connectivity index (χ3n) is 8.10. The molecule has 4 atom stereocenters. The number of carboxylic acid groups (broad SMARTS) is 2. The molecule has 4 unspecified atom stereocenters. The first-order chi connectivity index (χ1) is 16.9. The normalized spacial score (nSPS) is 24.7. The third-order valence-corrected chi connectivity index (χ3v) is 8.10. The van der Waals surface area contributed by atoms with Gasteiger partial charge in [-0.2, -0.15) is 0 Å². The molecule has 2 heterocycles. The molecule has 204 valence electrons. The van der Waals surface area contributed by atoms with Crippen molar-refractivity contribution in [2.24, 2.45) is 5.41 Å². The maximum Gasteiger partial charge on any atom is 0.309 e. The van der Waals surface area contributed by atoms with Crippen LogP contribution in [0.4, 0.5) is 0 Å². The summed E-state index contributed by atoms with van der Waals surface area (Å²) in [7, 11) is 0. The van der Waals surface area contributed by atoms with E-state index in [-0.39, 0.29) is 6.42 Å². The molecular formula is C29H52O6. The van der Waals surface area contributed by atoms with Gasteiger partial charge in [-0.25, -0.2) is 0 Å². The molecule has 2 fully saturated rings. The van der Waals surface area contributed by atoms with E-state index in [1.807, 2.05) is 0 Å². The third kappa shape index (κ3) is 12.1. The Kier molecular flexibility index (Phi) is 14.2. The number of carboxylic acids is 2. The summed E-state index contributed by atoms with van der Waals surface area (Å²) in [6.45, 7) is 4.43. The van der Waals surface area contributed by atoms with E-state index in [2.05, 4.69) is 13.8 Å². The Balaban J connectivity index is 1.77. The van der Waals surface area contributed by atoms with Gasteiger partial charge in [0.2, 0.25) is 0 Å². The first-order valence-corrected chi connectivity index (χ1v) is 14.7. The molecule has 6 heteroatoms. The molecule has 0 aromatic rings. The number of hydrogen-bond donors (Lipinski definition) is 2. The Hall–Kier alpha value is -1.14. The van der Waals surface area contributed by atoms with Crippen LogP contribution in [0, 0.1) is 5.41 Å². The number of ether oxygens (including phenoxy) is 2. The Labute approximate surface area is 213 Å². The first kappa shape index (κ1) is 30.1. The van der Waals surface area contributed by atoms with Crippen LogP contribution in [-0.4, -0.2) is 46.6 Å². The smallest absolute Gasteiger partial charge is 0.309 e. The zero-order chi connectivity index (χ0) is 25.5. The second kappa shape index (κ2) is 16.6. The van der Waals surface area contributed by atoms with Gasteiger partial charge in [0.15, 0.2) is 0 Å². The lowest BCUT2D eigenvalue weighted by Gasteiger charge is -2.30. The molecule has 2 N–H and O–H groups in total. The minimum absolute atomic E-state index is 0.200. The molecule has 2 aliphatic rings. The van der Waals surface area contributed by atoms with Gasteiger partial charge in [-0.15, -0.1) is 0 Å². The SMILES string of the molecule is CCCCCC1OC1CCCC(CCCCCCC(=O)O)(CCCC1OC1CCCCC)C(=O)O. The van der Waals surface area contributed by atoms with E-state index in [0.29, 0.717) is 50.1 Å². The highest BCUT2D eigenvalue weighted by Crippen LogP contribution is 2.41. The molecule has 0 amide bonds. The second-order valence-corrected chi connectivity index (χ2v) is 11.1. The lowest BCUT2D eigenvalue weighted by Crippen LogP contribution is -2.31. The van der Waals surface area contributed by atoms with Gasteiger partial charge in [0.25, 0.3) is 0 Å². The minimum Gasteiger partial charge on any atom is -0.481 e. The highest BCUT2D eigenvalue weighted by Gasteiger charge is 2.42. The molecule has 0 saturated carbocycles. The molecule has 35 heavy (non-hydrogen) atoms. The maximum absolute atomic E-state index is 12.6. The maximum atomic E-state index is 12.6. The van der Waals surface area contributed by atoms with Crippen LogP contribution < -0.4 is 0 Å². The summed E-state index contributed by atoms with van der Waals surface area (Å²) in [6, 6.07) is 0. The second-order valence-electron chi connectivity index (χ2n) is 11.1. The van der Waals surface area contributed by atoms with Gasteiger partial charge in [0.05, 0.1) is 29.8 Å². The molecule has 0 radical (unpaired) electrons. The molecule has 0 aromatic carbocycles. The predicted molar refractivity (Wildman–Crippen MR) is 139 cm³/mol. The van der Waals surface area contributed by atoms with E-state index in [4.69, 9.17) is 14.6 Å². The van der Waals surface area contributed by atoms with Gasteiger partial charge in [-0.05, 0) is 64.2 Å². The number of aliphatic carboxylic acids is 2. The highest BCUT2D eigenvalue weighted by atomic mass is 16.6. The van der Waals surface area contributed by atoms with Gasteiger partial charge in [0, 0.05) is 6.42 Å². The molecule has 0 bridgehead atoms. The summed E-state index contributed by atoms with van der Waals surface area (Å²) < 4.78 is 11.7. The van der Waals surface area contributed by atoms with Crippen molar-refractivity contribution in [2.45, 2.75) is 167 Å². The quantitative estimate of drug-likeness (QED) is 0.106. The molecule has 2 aliphatic heterocycles. The van der Waals surface area contributed by atoms with E-state index in [1.165, 1.54) is 38.5 Å². The molecule has 0 aromatic heterocycles. The van der Waals surface area contributed by atoms with E-state index < -0.39 is 17.4 Å². The number of unbranched alkanes of at least 4 members (excludes halogenated alkanes) is 7. The highest BCUT2D eigenvalue weighted by molar-refractivity contribution is 5.74. The van der Waals surface area contributed by atoms with Crippen molar-refractivity contribution < 1.29 is 29.3 Å². The fourth-order valence-electron chi connectivity index (χ4n) is 5.64. The lowest BCUT2D eigenvalue weighted by molar-refractivity contribution is -0.151. The summed E-state index contributed by atoms with van der Waals surface area (Å²) >= 11 is 0. The number of epoxide rings is 2. The van der Waals surface area contributed by atoms with Crippen molar-refractivity contribution in [1.82, 2.24) is 0 Å². The fourth-order valence-corrected chi connectivity index (χ4v) is 5.64. The van der Waals surface area contributed by atoms with Crippen LogP contribution in [0.3, 0.4) is 0 Å². The van der Waals surface area contributed by atoms with E-state index in [0.717, 1.165) is 57.8 Å². The molecule has 2 rings (SSSR count). The van der Waals surface area contributed by atoms with E-state index in [9.17, 15) is 14.7 Å². The van der Waals surface area contributed by atoms with E-state index >= 15 is 0 Å². The fraction of sp³-hybridized carbons (Fsp3) is 0.931. The number of rotatable bonds is 24. The number of carbonyl (C=O) groups is 2. The lowest BCUT2D eigenvalue weighted by atomic mass is 9.74. The Morgan fingerprint density at radius 2 is 1.03 bits per heavy atom. The summed E-state index contributed by atoms with van der Waals surface area (Å²) in [5.74, 6) is -1.41. The van der Waals surface area contributed by atoms with Crippen LogP contribution in [0.25, 0.3) is 0 Å². The Morgan fingerprint density at radius 3 is 1.46 bits per heavy atom. The Bertz CT molecular complexity index is 576. The Morgan fingerprint density at radius 1 is 0.600 bits per heavy atom. The van der Waals surface area contributed by atoms with Gasteiger partial charge >= 0.3 is 11.9 Å². The van der Waals surface area contributed by atoms with Crippen molar-refractivity contribution in [3.63, 3.8) is 0 Å². The topological polar surface area (TPSA) is 99.7 Å². The zero-order valence-corrected chi connectivity index (χ0v) is 22.5. The van der Waals surface area contributed by atoms with E-state index in [1.54, 1.807) is 0 Å². The summed E-state index contributed by atoms with van der Waals surface area (Å²) in [5.41, 5.74) is -0.675.